The average molecular weight is 279 g/mol. The standard InChI is InChI=1S/C15H21NO4/c1-15(2,3)20-14(18)16-9-8-10-11(13(17)19-4)6-5-7-12(10)16/h5,7,11H,6,8-9H2,1-4H3. The van der Waals surface area contributed by atoms with Gasteiger partial charge in [-0.2, -0.15) is 0 Å². The minimum absolute atomic E-state index is 0.243. The Morgan fingerprint density at radius 3 is 2.65 bits per heavy atom. The highest BCUT2D eigenvalue weighted by Gasteiger charge is 2.36. The van der Waals surface area contributed by atoms with Crippen LogP contribution in [-0.4, -0.2) is 36.2 Å². The van der Waals surface area contributed by atoms with Crippen molar-refractivity contribution >= 4 is 12.1 Å². The van der Waals surface area contributed by atoms with Gasteiger partial charge in [-0.05, 0) is 45.3 Å². The molecule has 20 heavy (non-hydrogen) atoms. The monoisotopic (exact) mass is 279 g/mol. The van der Waals surface area contributed by atoms with Crippen molar-refractivity contribution in [2.24, 2.45) is 5.92 Å². The molecule has 1 unspecified atom stereocenters. The van der Waals surface area contributed by atoms with Gasteiger partial charge in [-0.25, -0.2) is 4.79 Å². The lowest BCUT2D eigenvalue weighted by Crippen LogP contribution is -2.34. The lowest BCUT2D eigenvalue weighted by molar-refractivity contribution is -0.144. The van der Waals surface area contributed by atoms with Crippen LogP contribution in [0, 0.1) is 5.92 Å². The molecule has 0 aromatic carbocycles. The first kappa shape index (κ1) is 14.6. The first-order valence-corrected chi connectivity index (χ1v) is 6.81. The lowest BCUT2D eigenvalue weighted by Gasteiger charge is -2.26. The Bertz CT molecular complexity index is 485. The van der Waals surface area contributed by atoms with E-state index >= 15 is 0 Å². The first-order valence-electron chi connectivity index (χ1n) is 6.81. The third-order valence-electron chi connectivity index (χ3n) is 3.39. The maximum atomic E-state index is 12.2. The van der Waals surface area contributed by atoms with E-state index in [1.165, 1.54) is 7.11 Å². The molecule has 1 heterocycles. The van der Waals surface area contributed by atoms with E-state index in [0.717, 1.165) is 11.3 Å². The topological polar surface area (TPSA) is 55.8 Å². The van der Waals surface area contributed by atoms with Crippen LogP contribution in [0.2, 0.25) is 0 Å². The number of esters is 1. The largest absolute Gasteiger partial charge is 0.469 e. The van der Waals surface area contributed by atoms with Gasteiger partial charge in [-0.1, -0.05) is 6.08 Å². The average Bonchev–Trinajstić information content (AvgIpc) is 2.79. The van der Waals surface area contributed by atoms with E-state index in [-0.39, 0.29) is 18.0 Å². The fraction of sp³-hybridized carbons (Fsp3) is 0.600. The summed E-state index contributed by atoms with van der Waals surface area (Å²) in [6, 6.07) is 0. The fourth-order valence-corrected chi connectivity index (χ4v) is 2.55. The van der Waals surface area contributed by atoms with E-state index in [1.807, 2.05) is 32.9 Å². The zero-order valence-corrected chi connectivity index (χ0v) is 12.4. The van der Waals surface area contributed by atoms with Crippen molar-refractivity contribution in [3.05, 3.63) is 23.4 Å². The van der Waals surface area contributed by atoms with Gasteiger partial charge in [0.15, 0.2) is 0 Å². The Kier molecular flexibility index (Phi) is 3.88. The molecule has 0 bridgehead atoms. The minimum atomic E-state index is -0.527. The molecule has 5 heteroatoms. The number of allylic oxidation sites excluding steroid dienone is 2. The molecular weight excluding hydrogens is 258 g/mol. The van der Waals surface area contributed by atoms with Gasteiger partial charge in [-0.15, -0.1) is 0 Å². The van der Waals surface area contributed by atoms with Gasteiger partial charge < -0.3 is 9.47 Å². The Balaban J connectivity index is 2.20. The van der Waals surface area contributed by atoms with Crippen LogP contribution in [0.15, 0.2) is 23.4 Å². The van der Waals surface area contributed by atoms with Crippen molar-refractivity contribution in [1.82, 2.24) is 4.90 Å². The molecule has 0 saturated heterocycles. The molecule has 0 N–H and O–H groups in total. The first-order chi connectivity index (χ1) is 9.33. The number of hydrogen-bond donors (Lipinski definition) is 0. The van der Waals surface area contributed by atoms with Crippen molar-refractivity contribution in [2.45, 2.75) is 39.2 Å². The van der Waals surface area contributed by atoms with Gasteiger partial charge in [0, 0.05) is 12.2 Å². The molecule has 2 aliphatic rings. The highest BCUT2D eigenvalue weighted by Crippen LogP contribution is 2.36. The van der Waals surface area contributed by atoms with Gasteiger partial charge >= 0.3 is 12.1 Å². The summed E-state index contributed by atoms with van der Waals surface area (Å²) in [6.45, 7) is 6.07. The van der Waals surface area contributed by atoms with E-state index in [1.54, 1.807) is 4.90 Å². The zero-order chi connectivity index (χ0) is 14.9. The van der Waals surface area contributed by atoms with Crippen LogP contribution >= 0.6 is 0 Å². The van der Waals surface area contributed by atoms with Crippen molar-refractivity contribution in [1.29, 1.82) is 0 Å². The molecule has 0 aromatic rings. The second-order valence-electron chi connectivity index (χ2n) is 6.01. The van der Waals surface area contributed by atoms with Crippen LogP contribution < -0.4 is 0 Å². The fourth-order valence-electron chi connectivity index (χ4n) is 2.55. The highest BCUT2D eigenvalue weighted by molar-refractivity contribution is 5.79. The molecule has 1 amide bonds. The van der Waals surface area contributed by atoms with Crippen molar-refractivity contribution in [3.8, 4) is 0 Å². The highest BCUT2D eigenvalue weighted by atomic mass is 16.6. The van der Waals surface area contributed by atoms with E-state index in [2.05, 4.69) is 0 Å². The second kappa shape index (κ2) is 5.31. The van der Waals surface area contributed by atoms with Crippen molar-refractivity contribution in [3.63, 3.8) is 0 Å². The molecule has 5 nitrogen and oxygen atoms in total. The zero-order valence-electron chi connectivity index (χ0n) is 12.4. The van der Waals surface area contributed by atoms with Crippen LogP contribution in [0.3, 0.4) is 0 Å². The molecule has 1 aliphatic heterocycles. The molecule has 2 rings (SSSR count). The number of carbonyl (C=O) groups excluding carboxylic acids is 2. The molecular formula is C15H21NO4. The SMILES string of the molecule is COC(=O)C1CC=CC2=C1CCN2C(=O)OC(C)(C)C. The summed E-state index contributed by atoms with van der Waals surface area (Å²) >= 11 is 0. The van der Waals surface area contributed by atoms with Gasteiger partial charge in [0.05, 0.1) is 13.0 Å². The molecule has 0 radical (unpaired) electrons. The van der Waals surface area contributed by atoms with Gasteiger partial charge in [0.2, 0.25) is 0 Å². The number of hydrogen-bond acceptors (Lipinski definition) is 4. The van der Waals surface area contributed by atoms with Gasteiger partial charge in [0.25, 0.3) is 0 Å². The van der Waals surface area contributed by atoms with Crippen LogP contribution in [-0.2, 0) is 14.3 Å². The van der Waals surface area contributed by atoms with Crippen molar-refractivity contribution in [2.75, 3.05) is 13.7 Å². The number of amides is 1. The third kappa shape index (κ3) is 2.86. The quantitative estimate of drug-likeness (QED) is 0.692. The van der Waals surface area contributed by atoms with E-state index in [4.69, 9.17) is 9.47 Å². The number of methoxy groups -OCH3 is 1. The lowest BCUT2D eigenvalue weighted by atomic mass is 9.89. The Hall–Kier alpha value is -1.78. The van der Waals surface area contributed by atoms with Crippen LogP contribution in [0.4, 0.5) is 4.79 Å². The summed E-state index contributed by atoms with van der Waals surface area (Å²) in [4.78, 5) is 25.6. The van der Waals surface area contributed by atoms with Crippen LogP contribution in [0.5, 0.6) is 0 Å². The van der Waals surface area contributed by atoms with E-state index < -0.39 is 5.60 Å². The number of nitrogens with zero attached hydrogens (tertiary/aromatic N) is 1. The molecule has 0 spiro atoms. The minimum Gasteiger partial charge on any atom is -0.469 e. The molecule has 110 valence electrons. The number of carbonyl (C=O) groups is 2. The van der Waals surface area contributed by atoms with Gasteiger partial charge in [-0.3, -0.25) is 9.69 Å². The third-order valence-corrected chi connectivity index (χ3v) is 3.39. The maximum absolute atomic E-state index is 12.2. The van der Waals surface area contributed by atoms with Crippen LogP contribution in [0.1, 0.15) is 33.6 Å². The summed E-state index contributed by atoms with van der Waals surface area (Å²) < 4.78 is 10.2. The summed E-state index contributed by atoms with van der Waals surface area (Å²) in [6.07, 6.45) is 4.76. The molecule has 1 aliphatic carbocycles. The Morgan fingerprint density at radius 2 is 2.05 bits per heavy atom. The summed E-state index contributed by atoms with van der Waals surface area (Å²) in [5, 5.41) is 0. The summed E-state index contributed by atoms with van der Waals surface area (Å²) in [5.41, 5.74) is 1.24. The molecule has 0 saturated carbocycles. The van der Waals surface area contributed by atoms with E-state index in [0.29, 0.717) is 19.4 Å². The molecule has 0 aromatic heterocycles. The summed E-state index contributed by atoms with van der Waals surface area (Å²) in [5.74, 6) is -0.514. The second-order valence-corrected chi connectivity index (χ2v) is 6.01. The Morgan fingerprint density at radius 1 is 1.35 bits per heavy atom. The van der Waals surface area contributed by atoms with Gasteiger partial charge in [0.1, 0.15) is 5.60 Å². The smallest absolute Gasteiger partial charge is 0.414 e. The number of rotatable bonds is 1. The van der Waals surface area contributed by atoms with Crippen molar-refractivity contribution < 1.29 is 19.1 Å². The Labute approximate surface area is 119 Å². The summed E-state index contributed by atoms with van der Waals surface area (Å²) in [7, 11) is 1.39. The van der Waals surface area contributed by atoms with Crippen LogP contribution in [0.25, 0.3) is 0 Å². The maximum Gasteiger partial charge on any atom is 0.414 e. The normalized spacial score (nSPS) is 21.8. The molecule has 0 fully saturated rings. The predicted octanol–water partition coefficient (Wildman–Crippen LogP) is 2.63. The predicted molar refractivity (Wildman–Crippen MR) is 73.8 cm³/mol. The molecule has 1 atom stereocenters. The number of ether oxygens (including phenoxy) is 2. The van der Waals surface area contributed by atoms with E-state index in [9.17, 15) is 9.59 Å².